The van der Waals surface area contributed by atoms with E-state index in [1.54, 1.807) is 61.7 Å². The van der Waals surface area contributed by atoms with Crippen LogP contribution in [-0.2, 0) is 4.79 Å². The number of nitrogens with zero attached hydrogens (tertiary/aromatic N) is 2. The molecule has 0 heterocycles. The van der Waals surface area contributed by atoms with Gasteiger partial charge in [-0.1, -0.05) is 12.1 Å². The molecular formula is C24H19N3O5. The van der Waals surface area contributed by atoms with E-state index in [0.717, 1.165) is 0 Å². The van der Waals surface area contributed by atoms with Crippen molar-refractivity contribution in [2.75, 3.05) is 19.0 Å². The van der Waals surface area contributed by atoms with Gasteiger partial charge in [0.05, 0.1) is 23.7 Å². The van der Waals surface area contributed by atoms with Crippen LogP contribution in [0.15, 0.2) is 72.8 Å². The van der Waals surface area contributed by atoms with E-state index < -0.39 is 4.92 Å². The predicted molar refractivity (Wildman–Crippen MR) is 120 cm³/mol. The van der Waals surface area contributed by atoms with Gasteiger partial charge >= 0.3 is 0 Å². The number of nitriles is 1. The number of benzene rings is 3. The fraction of sp³-hybridized carbons (Fsp3) is 0.0833. The molecule has 32 heavy (non-hydrogen) atoms. The monoisotopic (exact) mass is 429 g/mol. The van der Waals surface area contributed by atoms with Crippen molar-refractivity contribution in [1.82, 2.24) is 0 Å². The molecular weight excluding hydrogens is 410 g/mol. The van der Waals surface area contributed by atoms with E-state index in [2.05, 4.69) is 11.4 Å². The van der Waals surface area contributed by atoms with Crippen molar-refractivity contribution in [2.45, 2.75) is 0 Å². The Morgan fingerprint density at radius 2 is 1.81 bits per heavy atom. The standard InChI is InChI=1S/C24H19N3O5/c1-31-22-11-7-20(8-12-22)26-24(28)16-32-23-4-2-3-17(14-23)13-19(15-25)18-5-9-21(10-6-18)27(29)30/h2-14H,16H2,1H3,(H,26,28)/b19-13+. The van der Waals surface area contributed by atoms with Crippen LogP contribution in [0.5, 0.6) is 11.5 Å². The van der Waals surface area contributed by atoms with Gasteiger partial charge in [0.1, 0.15) is 11.5 Å². The van der Waals surface area contributed by atoms with E-state index in [0.29, 0.717) is 33.9 Å². The third-order valence-corrected chi connectivity index (χ3v) is 4.42. The molecule has 0 aliphatic heterocycles. The number of nitro groups is 1. The van der Waals surface area contributed by atoms with Crippen LogP contribution in [0.4, 0.5) is 11.4 Å². The van der Waals surface area contributed by atoms with Crippen molar-refractivity contribution in [3.63, 3.8) is 0 Å². The number of carbonyl (C=O) groups excluding carboxylic acids is 1. The van der Waals surface area contributed by atoms with Crippen LogP contribution in [0.25, 0.3) is 11.6 Å². The zero-order valence-electron chi connectivity index (χ0n) is 17.1. The van der Waals surface area contributed by atoms with E-state index >= 15 is 0 Å². The Balaban J connectivity index is 1.65. The molecule has 0 unspecified atom stereocenters. The fourth-order valence-electron chi connectivity index (χ4n) is 2.82. The van der Waals surface area contributed by atoms with Gasteiger partial charge in [-0.15, -0.1) is 0 Å². The molecule has 3 aromatic rings. The third kappa shape index (κ3) is 5.93. The Morgan fingerprint density at radius 1 is 1.09 bits per heavy atom. The minimum absolute atomic E-state index is 0.0469. The lowest BCUT2D eigenvalue weighted by Gasteiger charge is -2.09. The maximum absolute atomic E-state index is 12.1. The number of rotatable bonds is 8. The minimum atomic E-state index is -0.495. The summed E-state index contributed by atoms with van der Waals surface area (Å²) in [6.45, 7) is -0.188. The van der Waals surface area contributed by atoms with E-state index in [1.165, 1.54) is 24.3 Å². The Hall–Kier alpha value is -4.64. The van der Waals surface area contributed by atoms with Crippen molar-refractivity contribution in [2.24, 2.45) is 0 Å². The third-order valence-electron chi connectivity index (χ3n) is 4.42. The van der Waals surface area contributed by atoms with Gasteiger partial charge in [0, 0.05) is 17.8 Å². The zero-order valence-corrected chi connectivity index (χ0v) is 17.1. The summed E-state index contributed by atoms with van der Waals surface area (Å²) in [6, 6.07) is 21.7. The lowest BCUT2D eigenvalue weighted by molar-refractivity contribution is -0.384. The molecule has 8 nitrogen and oxygen atoms in total. The van der Waals surface area contributed by atoms with Crippen molar-refractivity contribution in [3.8, 4) is 17.6 Å². The van der Waals surface area contributed by atoms with Crippen molar-refractivity contribution in [1.29, 1.82) is 5.26 Å². The second-order valence-corrected chi connectivity index (χ2v) is 6.61. The van der Waals surface area contributed by atoms with Gasteiger partial charge in [0.25, 0.3) is 11.6 Å². The van der Waals surface area contributed by atoms with Crippen molar-refractivity contribution in [3.05, 3.63) is 94.0 Å². The molecule has 0 aliphatic carbocycles. The highest BCUT2D eigenvalue weighted by Crippen LogP contribution is 2.23. The molecule has 8 heteroatoms. The molecule has 0 fully saturated rings. The quantitative estimate of drug-likeness (QED) is 0.241. The van der Waals surface area contributed by atoms with E-state index in [9.17, 15) is 20.2 Å². The van der Waals surface area contributed by atoms with Crippen LogP contribution < -0.4 is 14.8 Å². The second kappa shape index (κ2) is 10.4. The summed E-state index contributed by atoms with van der Waals surface area (Å²) in [4.78, 5) is 22.4. The molecule has 1 N–H and O–H groups in total. The fourth-order valence-corrected chi connectivity index (χ4v) is 2.82. The van der Waals surface area contributed by atoms with E-state index in [1.807, 2.05) is 0 Å². The molecule has 3 aromatic carbocycles. The number of amides is 1. The van der Waals surface area contributed by atoms with Gasteiger partial charge in [-0.25, -0.2) is 0 Å². The number of carbonyl (C=O) groups is 1. The maximum atomic E-state index is 12.1. The highest BCUT2D eigenvalue weighted by molar-refractivity contribution is 5.92. The van der Waals surface area contributed by atoms with Gasteiger partial charge in [-0.2, -0.15) is 5.26 Å². The number of non-ortho nitro benzene ring substituents is 1. The number of allylic oxidation sites excluding steroid dienone is 1. The summed E-state index contributed by atoms with van der Waals surface area (Å²) in [5.41, 5.74) is 2.16. The average molecular weight is 429 g/mol. The molecule has 0 radical (unpaired) electrons. The lowest BCUT2D eigenvalue weighted by Crippen LogP contribution is -2.20. The number of hydrogen-bond acceptors (Lipinski definition) is 6. The second-order valence-electron chi connectivity index (χ2n) is 6.61. The van der Waals surface area contributed by atoms with Gasteiger partial charge in [-0.3, -0.25) is 14.9 Å². The topological polar surface area (TPSA) is 114 Å². The Morgan fingerprint density at radius 3 is 2.44 bits per heavy atom. The first kappa shape index (κ1) is 22.1. The molecule has 0 spiro atoms. The predicted octanol–water partition coefficient (Wildman–Crippen LogP) is 4.69. The van der Waals surface area contributed by atoms with Crippen LogP contribution >= 0.6 is 0 Å². The van der Waals surface area contributed by atoms with Crippen LogP contribution in [0.3, 0.4) is 0 Å². The Kier molecular flexibility index (Phi) is 7.17. The van der Waals surface area contributed by atoms with Crippen LogP contribution in [-0.4, -0.2) is 24.5 Å². The average Bonchev–Trinajstić information content (AvgIpc) is 2.82. The highest BCUT2D eigenvalue weighted by Gasteiger charge is 2.08. The molecule has 160 valence electrons. The SMILES string of the molecule is COc1ccc(NC(=O)COc2cccc(/C=C(\C#N)c3ccc([N+](=O)[O-])cc3)c2)cc1. The molecule has 0 atom stereocenters. The molecule has 0 aliphatic rings. The first-order valence-electron chi connectivity index (χ1n) is 9.52. The summed E-state index contributed by atoms with van der Waals surface area (Å²) in [5, 5.41) is 23.0. The number of nitrogens with one attached hydrogen (secondary N) is 1. The minimum Gasteiger partial charge on any atom is -0.497 e. The summed E-state index contributed by atoms with van der Waals surface area (Å²) < 4.78 is 10.6. The molecule has 0 aromatic heterocycles. The molecule has 3 rings (SSSR count). The summed E-state index contributed by atoms with van der Waals surface area (Å²) in [5.74, 6) is 0.832. The summed E-state index contributed by atoms with van der Waals surface area (Å²) in [7, 11) is 1.57. The van der Waals surface area contributed by atoms with Gasteiger partial charge in [0.2, 0.25) is 0 Å². The maximum Gasteiger partial charge on any atom is 0.269 e. The van der Waals surface area contributed by atoms with Crippen LogP contribution in [0.2, 0.25) is 0 Å². The first-order chi connectivity index (χ1) is 15.5. The Labute approximate surface area is 184 Å². The van der Waals surface area contributed by atoms with E-state index in [4.69, 9.17) is 9.47 Å². The smallest absolute Gasteiger partial charge is 0.269 e. The number of ether oxygens (including phenoxy) is 2. The number of methoxy groups -OCH3 is 1. The van der Waals surface area contributed by atoms with Crippen LogP contribution in [0, 0.1) is 21.4 Å². The summed E-state index contributed by atoms with van der Waals surface area (Å²) in [6.07, 6.45) is 1.64. The van der Waals surface area contributed by atoms with Gasteiger partial charge in [-0.05, 0) is 65.7 Å². The molecule has 0 saturated carbocycles. The molecule has 0 bridgehead atoms. The van der Waals surface area contributed by atoms with Crippen molar-refractivity contribution < 1.29 is 19.2 Å². The van der Waals surface area contributed by atoms with Crippen molar-refractivity contribution >= 4 is 28.9 Å². The zero-order chi connectivity index (χ0) is 22.9. The van der Waals surface area contributed by atoms with Crippen LogP contribution in [0.1, 0.15) is 11.1 Å². The number of anilines is 1. The first-order valence-corrected chi connectivity index (χ1v) is 9.52. The van der Waals surface area contributed by atoms with Gasteiger partial charge in [0.15, 0.2) is 6.61 Å². The normalized spacial score (nSPS) is 10.7. The molecule has 1 amide bonds. The van der Waals surface area contributed by atoms with Gasteiger partial charge < -0.3 is 14.8 Å². The molecule has 0 saturated heterocycles. The largest absolute Gasteiger partial charge is 0.497 e. The highest BCUT2D eigenvalue weighted by atomic mass is 16.6. The Bertz CT molecular complexity index is 1180. The lowest BCUT2D eigenvalue weighted by atomic mass is 10.0. The number of nitro benzene ring substituents is 1. The number of hydrogen-bond donors (Lipinski definition) is 1. The summed E-state index contributed by atoms with van der Waals surface area (Å²) >= 11 is 0. The van der Waals surface area contributed by atoms with E-state index in [-0.39, 0.29) is 18.2 Å².